The molecule has 1 aliphatic heterocycles. The first-order valence-corrected chi connectivity index (χ1v) is 9.05. The van der Waals surface area contributed by atoms with Crippen LogP contribution in [0.3, 0.4) is 0 Å². The Morgan fingerprint density at radius 2 is 2.08 bits per heavy atom. The summed E-state index contributed by atoms with van der Waals surface area (Å²) in [4.78, 5) is 18.7. The van der Waals surface area contributed by atoms with E-state index in [-0.39, 0.29) is 5.78 Å². The molecule has 0 bridgehead atoms. The van der Waals surface area contributed by atoms with Crippen molar-refractivity contribution in [2.75, 3.05) is 23.3 Å². The van der Waals surface area contributed by atoms with Gasteiger partial charge in [-0.3, -0.25) is 4.79 Å². The zero-order chi connectivity index (χ0) is 18.5. The Morgan fingerprint density at radius 1 is 1.31 bits per heavy atom. The summed E-state index contributed by atoms with van der Waals surface area (Å²) in [7, 11) is 0. The molecule has 3 rings (SSSR count). The molecule has 0 aliphatic carbocycles. The average molecular weight is 348 g/mol. The van der Waals surface area contributed by atoms with Crippen molar-refractivity contribution in [3.63, 3.8) is 0 Å². The molecule has 2 heterocycles. The lowest BCUT2D eigenvalue weighted by Crippen LogP contribution is -2.33. The van der Waals surface area contributed by atoms with Crippen LogP contribution in [0, 0.1) is 17.2 Å². The smallest absolute Gasteiger partial charge is 0.161 e. The van der Waals surface area contributed by atoms with E-state index in [9.17, 15) is 4.79 Å². The zero-order valence-corrected chi connectivity index (χ0v) is 15.3. The second-order valence-corrected chi connectivity index (χ2v) is 6.98. The molecule has 1 fully saturated rings. The number of piperidine rings is 1. The Bertz CT molecular complexity index is 815. The molecule has 0 radical (unpaired) electrons. The molecule has 0 spiro atoms. The highest BCUT2D eigenvalue weighted by molar-refractivity contribution is 5.99. The number of carbonyl (C=O) groups is 1. The molecular weight excluding hydrogens is 324 g/mol. The maximum absolute atomic E-state index is 11.8. The Morgan fingerprint density at radius 3 is 2.69 bits per heavy atom. The molecule has 1 saturated heterocycles. The minimum Gasteiger partial charge on any atom is -0.380 e. The molecule has 1 aromatic heterocycles. The van der Waals surface area contributed by atoms with Crippen molar-refractivity contribution in [3.05, 3.63) is 53.2 Å². The fourth-order valence-corrected chi connectivity index (χ4v) is 3.21. The Balaban J connectivity index is 1.67. The molecular formula is C21H24N4O. The number of Topliss-reactive ketones (excluding diaryl/α,β-unsaturated/α-hetero) is 1. The van der Waals surface area contributed by atoms with Gasteiger partial charge in [-0.1, -0.05) is 13.0 Å². The summed E-state index contributed by atoms with van der Waals surface area (Å²) in [5.74, 6) is 1.80. The van der Waals surface area contributed by atoms with Gasteiger partial charge >= 0.3 is 0 Å². The van der Waals surface area contributed by atoms with Crippen LogP contribution in [-0.4, -0.2) is 23.9 Å². The van der Waals surface area contributed by atoms with Crippen molar-refractivity contribution in [2.24, 2.45) is 5.92 Å². The Kier molecular flexibility index (Phi) is 5.52. The first kappa shape index (κ1) is 17.9. The summed E-state index contributed by atoms with van der Waals surface area (Å²) in [6.07, 6.45) is 4.31. The predicted octanol–water partition coefficient (Wildman–Crippen LogP) is 4.00. The van der Waals surface area contributed by atoms with Gasteiger partial charge in [0.2, 0.25) is 0 Å². The number of aromatic nitrogens is 1. The van der Waals surface area contributed by atoms with Gasteiger partial charge in [-0.2, -0.15) is 5.26 Å². The van der Waals surface area contributed by atoms with Gasteiger partial charge in [0.25, 0.3) is 0 Å². The molecule has 26 heavy (non-hydrogen) atoms. The molecule has 0 unspecified atom stereocenters. The number of pyridine rings is 1. The summed E-state index contributed by atoms with van der Waals surface area (Å²) in [5.41, 5.74) is 2.85. The van der Waals surface area contributed by atoms with Crippen molar-refractivity contribution >= 4 is 17.3 Å². The largest absolute Gasteiger partial charge is 0.380 e. The van der Waals surface area contributed by atoms with E-state index >= 15 is 0 Å². The average Bonchev–Trinajstić information content (AvgIpc) is 2.67. The fraction of sp³-hybridized carbons (Fsp3) is 0.381. The molecule has 0 amide bonds. The Hall–Kier alpha value is -2.87. The van der Waals surface area contributed by atoms with Gasteiger partial charge in [0.1, 0.15) is 5.82 Å². The van der Waals surface area contributed by atoms with Crippen molar-refractivity contribution in [1.29, 1.82) is 5.26 Å². The quantitative estimate of drug-likeness (QED) is 0.827. The molecule has 134 valence electrons. The number of nitriles is 1. The minimum atomic E-state index is -0.0233. The van der Waals surface area contributed by atoms with Gasteiger partial charge in [-0.15, -0.1) is 0 Å². The van der Waals surface area contributed by atoms with E-state index in [0.29, 0.717) is 23.4 Å². The minimum absolute atomic E-state index is 0.0233. The van der Waals surface area contributed by atoms with E-state index in [1.54, 1.807) is 18.2 Å². The van der Waals surface area contributed by atoms with Crippen LogP contribution in [0.1, 0.15) is 48.2 Å². The van der Waals surface area contributed by atoms with Gasteiger partial charge < -0.3 is 10.2 Å². The lowest BCUT2D eigenvalue weighted by Gasteiger charge is -2.31. The lowest BCUT2D eigenvalue weighted by atomic mass is 9.99. The predicted molar refractivity (Wildman–Crippen MR) is 103 cm³/mol. The molecule has 0 saturated carbocycles. The fourth-order valence-electron chi connectivity index (χ4n) is 3.21. The number of hydrogen-bond donors (Lipinski definition) is 1. The summed E-state index contributed by atoms with van der Waals surface area (Å²) in [6, 6.07) is 11.3. The highest BCUT2D eigenvalue weighted by atomic mass is 16.1. The lowest BCUT2D eigenvalue weighted by molar-refractivity contribution is 0.101. The molecule has 0 atom stereocenters. The van der Waals surface area contributed by atoms with Crippen molar-refractivity contribution < 1.29 is 4.79 Å². The highest BCUT2D eigenvalue weighted by Gasteiger charge is 2.16. The van der Waals surface area contributed by atoms with Crippen LogP contribution in [0.2, 0.25) is 0 Å². The van der Waals surface area contributed by atoms with Crippen molar-refractivity contribution in [3.8, 4) is 6.07 Å². The van der Waals surface area contributed by atoms with Crippen molar-refractivity contribution in [1.82, 2.24) is 4.98 Å². The molecule has 1 N–H and O–H groups in total. The molecule has 2 aromatic rings. The number of carbonyl (C=O) groups excluding carboxylic acids is 1. The molecule has 1 aromatic carbocycles. The third kappa shape index (κ3) is 4.20. The van der Waals surface area contributed by atoms with Crippen LogP contribution < -0.4 is 10.2 Å². The van der Waals surface area contributed by atoms with Crippen LogP contribution >= 0.6 is 0 Å². The van der Waals surface area contributed by atoms with Crippen LogP contribution in [-0.2, 0) is 6.54 Å². The van der Waals surface area contributed by atoms with Gasteiger partial charge in [-0.25, -0.2) is 4.98 Å². The molecule has 5 nitrogen and oxygen atoms in total. The normalized spacial score (nSPS) is 14.7. The van der Waals surface area contributed by atoms with Crippen LogP contribution in [0.5, 0.6) is 0 Å². The number of benzene rings is 1. The Labute approximate surface area is 154 Å². The van der Waals surface area contributed by atoms with E-state index in [1.165, 1.54) is 19.8 Å². The summed E-state index contributed by atoms with van der Waals surface area (Å²) in [6.45, 7) is 6.52. The third-order valence-corrected chi connectivity index (χ3v) is 4.93. The van der Waals surface area contributed by atoms with E-state index in [4.69, 9.17) is 5.26 Å². The first-order valence-electron chi connectivity index (χ1n) is 9.05. The number of anilines is 2. The van der Waals surface area contributed by atoms with E-state index in [0.717, 1.165) is 30.4 Å². The molecule has 5 heteroatoms. The highest BCUT2D eigenvalue weighted by Crippen LogP contribution is 2.22. The van der Waals surface area contributed by atoms with E-state index < -0.39 is 0 Å². The monoisotopic (exact) mass is 348 g/mol. The van der Waals surface area contributed by atoms with Gasteiger partial charge in [0, 0.05) is 37.1 Å². The SMILES string of the molecule is CC(=O)c1ccc(C#N)cc1NCc1ccc(N2CCC(C)CC2)nc1. The van der Waals surface area contributed by atoms with E-state index in [1.807, 2.05) is 6.20 Å². The molecule has 1 aliphatic rings. The number of hydrogen-bond acceptors (Lipinski definition) is 5. The number of ketones is 1. The maximum Gasteiger partial charge on any atom is 0.161 e. The zero-order valence-electron chi connectivity index (χ0n) is 15.3. The summed E-state index contributed by atoms with van der Waals surface area (Å²) in [5, 5.41) is 12.3. The van der Waals surface area contributed by atoms with Crippen LogP contribution in [0.4, 0.5) is 11.5 Å². The van der Waals surface area contributed by atoms with Crippen LogP contribution in [0.25, 0.3) is 0 Å². The summed E-state index contributed by atoms with van der Waals surface area (Å²) >= 11 is 0. The third-order valence-electron chi connectivity index (χ3n) is 4.93. The second-order valence-electron chi connectivity index (χ2n) is 6.98. The standard InChI is InChI=1S/C21H24N4O/c1-15-7-9-25(10-8-15)21-6-4-18(14-24-21)13-23-20-11-17(12-22)3-5-19(20)16(2)26/h3-6,11,14-15,23H,7-10,13H2,1-2H3. The number of rotatable bonds is 5. The number of nitrogens with one attached hydrogen (secondary N) is 1. The van der Waals surface area contributed by atoms with Gasteiger partial charge in [0.05, 0.1) is 11.6 Å². The topological polar surface area (TPSA) is 69.0 Å². The van der Waals surface area contributed by atoms with Crippen molar-refractivity contribution in [2.45, 2.75) is 33.2 Å². The summed E-state index contributed by atoms with van der Waals surface area (Å²) < 4.78 is 0. The van der Waals surface area contributed by atoms with Gasteiger partial charge in [0.15, 0.2) is 5.78 Å². The van der Waals surface area contributed by atoms with Crippen LogP contribution in [0.15, 0.2) is 36.5 Å². The van der Waals surface area contributed by atoms with Gasteiger partial charge in [-0.05, 0) is 55.5 Å². The van der Waals surface area contributed by atoms with E-state index in [2.05, 4.69) is 40.3 Å². The second kappa shape index (κ2) is 8.01. The first-order chi connectivity index (χ1) is 12.6. The maximum atomic E-state index is 11.8. The number of nitrogens with zero attached hydrogens (tertiary/aromatic N) is 3.